The number of hydrogen-bond donors (Lipinski definition) is 2. The Balaban J connectivity index is 2.56. The molecule has 94 valence electrons. The number of nitrogens with one attached hydrogen (secondary N) is 1. The summed E-state index contributed by atoms with van der Waals surface area (Å²) in [5.41, 5.74) is 1.26. The molecular weight excluding hydrogens is 239 g/mol. The number of nitrogens with zero attached hydrogens (tertiary/aromatic N) is 1. The van der Waals surface area contributed by atoms with Gasteiger partial charge < -0.3 is 9.84 Å². The van der Waals surface area contributed by atoms with Gasteiger partial charge in [0.05, 0.1) is 12.8 Å². The normalized spacial score (nSPS) is 10.4. The maximum absolute atomic E-state index is 13.4. The first-order valence-corrected chi connectivity index (χ1v) is 5.16. The predicted molar refractivity (Wildman–Crippen MR) is 62.2 cm³/mol. The number of hydrogen-bond acceptors (Lipinski definition) is 3. The van der Waals surface area contributed by atoms with Crippen molar-refractivity contribution in [1.29, 1.82) is 0 Å². The maximum Gasteiger partial charge on any atom is 0.353 e. The van der Waals surface area contributed by atoms with Gasteiger partial charge in [-0.15, -0.1) is 0 Å². The summed E-state index contributed by atoms with van der Waals surface area (Å²) in [4.78, 5) is 10.8. The first-order valence-electron chi connectivity index (χ1n) is 5.16. The van der Waals surface area contributed by atoms with E-state index in [0.29, 0.717) is 22.6 Å². The minimum Gasteiger partial charge on any atom is -0.496 e. The summed E-state index contributed by atoms with van der Waals surface area (Å²) in [5.74, 6) is -1.14. The lowest BCUT2D eigenvalue weighted by atomic mass is 10.1. The summed E-state index contributed by atoms with van der Waals surface area (Å²) in [7, 11) is 1.43. The fourth-order valence-electron chi connectivity index (χ4n) is 1.70. The lowest BCUT2D eigenvalue weighted by Crippen LogP contribution is -1.95. The highest BCUT2D eigenvalue weighted by molar-refractivity contribution is 5.87. The van der Waals surface area contributed by atoms with Gasteiger partial charge in [0.2, 0.25) is 0 Å². The van der Waals surface area contributed by atoms with Crippen molar-refractivity contribution >= 4 is 5.97 Å². The zero-order chi connectivity index (χ0) is 13.3. The summed E-state index contributed by atoms with van der Waals surface area (Å²) < 4.78 is 18.5. The number of aromatic amines is 1. The van der Waals surface area contributed by atoms with Gasteiger partial charge in [0.25, 0.3) is 0 Å². The molecule has 6 heteroatoms. The van der Waals surface area contributed by atoms with Crippen LogP contribution in [0.15, 0.2) is 18.2 Å². The lowest BCUT2D eigenvalue weighted by Gasteiger charge is -2.09. The first-order chi connectivity index (χ1) is 8.54. The third kappa shape index (κ3) is 1.92. The van der Waals surface area contributed by atoms with E-state index in [1.165, 1.54) is 25.3 Å². The number of aromatic carboxylic acids is 1. The standard InChI is InChI=1S/C12H11FN2O3/c1-6-8(13)4-3-7(11(6)18-2)9-5-10(12(16)17)15-14-9/h3-5H,1-2H3,(H,14,15)(H,16,17). The van der Waals surface area contributed by atoms with Crippen LogP contribution in [0, 0.1) is 12.7 Å². The van der Waals surface area contributed by atoms with Gasteiger partial charge in [-0.2, -0.15) is 5.10 Å². The van der Waals surface area contributed by atoms with E-state index in [-0.39, 0.29) is 11.5 Å². The molecule has 0 unspecified atom stereocenters. The van der Waals surface area contributed by atoms with Crippen molar-refractivity contribution in [3.05, 3.63) is 35.3 Å². The largest absolute Gasteiger partial charge is 0.496 e. The topological polar surface area (TPSA) is 75.2 Å². The van der Waals surface area contributed by atoms with Gasteiger partial charge in [-0.3, -0.25) is 5.10 Å². The maximum atomic E-state index is 13.4. The van der Waals surface area contributed by atoms with Gasteiger partial charge >= 0.3 is 5.97 Å². The average Bonchev–Trinajstić information content (AvgIpc) is 2.82. The molecule has 0 aliphatic carbocycles. The molecule has 2 rings (SSSR count). The zero-order valence-corrected chi connectivity index (χ0v) is 9.82. The highest BCUT2D eigenvalue weighted by Crippen LogP contribution is 2.33. The molecule has 18 heavy (non-hydrogen) atoms. The lowest BCUT2D eigenvalue weighted by molar-refractivity contribution is 0.0690. The number of H-pyrrole nitrogens is 1. The van der Waals surface area contributed by atoms with Gasteiger partial charge in [-0.25, -0.2) is 9.18 Å². The molecule has 0 radical (unpaired) electrons. The van der Waals surface area contributed by atoms with E-state index >= 15 is 0 Å². The van der Waals surface area contributed by atoms with Crippen LogP contribution in [0.4, 0.5) is 4.39 Å². The monoisotopic (exact) mass is 250 g/mol. The van der Waals surface area contributed by atoms with Crippen molar-refractivity contribution in [3.63, 3.8) is 0 Å². The molecule has 0 aliphatic rings. The summed E-state index contributed by atoms with van der Waals surface area (Å²) in [6.45, 7) is 1.59. The smallest absolute Gasteiger partial charge is 0.353 e. The molecule has 0 saturated carbocycles. The number of halogens is 1. The summed E-state index contributed by atoms with van der Waals surface area (Å²) >= 11 is 0. The van der Waals surface area contributed by atoms with E-state index in [9.17, 15) is 9.18 Å². The van der Waals surface area contributed by atoms with E-state index in [4.69, 9.17) is 9.84 Å². The number of aromatic nitrogens is 2. The number of benzene rings is 1. The molecule has 0 bridgehead atoms. The molecule has 5 nitrogen and oxygen atoms in total. The van der Waals surface area contributed by atoms with Gasteiger partial charge in [0, 0.05) is 11.1 Å². The summed E-state index contributed by atoms with van der Waals surface area (Å²) in [6, 6.07) is 4.17. The second-order valence-corrected chi connectivity index (χ2v) is 3.73. The SMILES string of the molecule is COc1c(-c2cc(C(=O)O)[nH]n2)ccc(F)c1C. The van der Waals surface area contributed by atoms with Gasteiger partial charge in [-0.1, -0.05) is 0 Å². The highest BCUT2D eigenvalue weighted by Gasteiger charge is 2.16. The molecule has 1 heterocycles. The van der Waals surface area contributed by atoms with Crippen molar-refractivity contribution in [2.24, 2.45) is 0 Å². The minimum atomic E-state index is -1.11. The van der Waals surface area contributed by atoms with E-state index in [1.807, 2.05) is 0 Å². The van der Waals surface area contributed by atoms with Crippen molar-refractivity contribution in [2.75, 3.05) is 7.11 Å². The number of carboxylic acid groups (broad SMARTS) is 1. The van der Waals surface area contributed by atoms with Crippen LogP contribution in [-0.4, -0.2) is 28.4 Å². The number of ether oxygens (including phenoxy) is 1. The molecule has 0 saturated heterocycles. The predicted octanol–water partition coefficient (Wildman–Crippen LogP) is 2.23. The number of methoxy groups -OCH3 is 1. The Morgan fingerprint density at radius 1 is 1.50 bits per heavy atom. The highest BCUT2D eigenvalue weighted by atomic mass is 19.1. The number of rotatable bonds is 3. The van der Waals surface area contributed by atoms with Crippen LogP contribution in [0.1, 0.15) is 16.1 Å². The van der Waals surface area contributed by atoms with Crippen LogP contribution >= 0.6 is 0 Å². The van der Waals surface area contributed by atoms with Crippen LogP contribution in [0.2, 0.25) is 0 Å². The van der Waals surface area contributed by atoms with Gasteiger partial charge in [-0.05, 0) is 25.1 Å². The van der Waals surface area contributed by atoms with Crippen molar-refractivity contribution in [2.45, 2.75) is 6.92 Å². The Labute approximate surface area is 102 Å². The number of carboxylic acids is 1. The molecule has 0 fully saturated rings. The minimum absolute atomic E-state index is 0.0333. The molecule has 0 aliphatic heterocycles. The van der Waals surface area contributed by atoms with Crippen LogP contribution in [0.3, 0.4) is 0 Å². The Bertz CT molecular complexity index is 607. The fourth-order valence-corrected chi connectivity index (χ4v) is 1.70. The van der Waals surface area contributed by atoms with Crippen LogP contribution < -0.4 is 4.74 Å². The van der Waals surface area contributed by atoms with Crippen molar-refractivity contribution in [1.82, 2.24) is 10.2 Å². The third-order valence-electron chi connectivity index (χ3n) is 2.63. The Morgan fingerprint density at radius 2 is 2.22 bits per heavy atom. The molecule has 0 spiro atoms. The molecule has 2 N–H and O–H groups in total. The second-order valence-electron chi connectivity index (χ2n) is 3.73. The van der Waals surface area contributed by atoms with Crippen LogP contribution in [0.5, 0.6) is 5.75 Å². The van der Waals surface area contributed by atoms with Crippen molar-refractivity contribution < 1.29 is 19.0 Å². The zero-order valence-electron chi connectivity index (χ0n) is 9.82. The van der Waals surface area contributed by atoms with Crippen LogP contribution in [-0.2, 0) is 0 Å². The summed E-state index contributed by atoms with van der Waals surface area (Å²) in [5, 5.41) is 15.1. The third-order valence-corrected chi connectivity index (χ3v) is 2.63. The molecule has 1 aromatic carbocycles. The van der Waals surface area contributed by atoms with E-state index in [0.717, 1.165) is 0 Å². The van der Waals surface area contributed by atoms with Gasteiger partial charge in [0.1, 0.15) is 17.3 Å². The Hall–Kier alpha value is -2.37. The number of carbonyl (C=O) groups is 1. The van der Waals surface area contributed by atoms with Crippen LogP contribution in [0.25, 0.3) is 11.3 Å². The molecule has 1 aromatic heterocycles. The molecule has 0 atom stereocenters. The van der Waals surface area contributed by atoms with E-state index < -0.39 is 5.97 Å². The molecule has 0 amide bonds. The van der Waals surface area contributed by atoms with Crippen molar-refractivity contribution in [3.8, 4) is 17.0 Å². The fraction of sp³-hybridized carbons (Fsp3) is 0.167. The van der Waals surface area contributed by atoms with E-state index in [1.54, 1.807) is 6.92 Å². The molecular formula is C12H11FN2O3. The van der Waals surface area contributed by atoms with Gasteiger partial charge in [0.15, 0.2) is 0 Å². The first kappa shape index (κ1) is 12.1. The molecule has 2 aromatic rings. The Morgan fingerprint density at radius 3 is 2.78 bits per heavy atom. The Kier molecular flexibility index (Phi) is 3.01. The second kappa shape index (κ2) is 4.48. The summed E-state index contributed by atoms with van der Waals surface area (Å²) in [6.07, 6.45) is 0. The van der Waals surface area contributed by atoms with E-state index in [2.05, 4.69) is 10.2 Å². The quantitative estimate of drug-likeness (QED) is 0.875. The average molecular weight is 250 g/mol.